The van der Waals surface area contributed by atoms with E-state index in [4.69, 9.17) is 4.74 Å². The van der Waals surface area contributed by atoms with Gasteiger partial charge in [0.25, 0.3) is 0 Å². The van der Waals surface area contributed by atoms with Gasteiger partial charge in [0.1, 0.15) is 4.88 Å². The highest BCUT2D eigenvalue weighted by Gasteiger charge is 2.22. The van der Waals surface area contributed by atoms with Gasteiger partial charge in [-0.1, -0.05) is 30.3 Å². The fourth-order valence-corrected chi connectivity index (χ4v) is 2.63. The summed E-state index contributed by atoms with van der Waals surface area (Å²) in [5.74, 6) is -0.706. The molecule has 1 heterocycles. The third-order valence-electron chi connectivity index (χ3n) is 2.80. The summed E-state index contributed by atoms with van der Waals surface area (Å²) in [5.41, 5.74) is 1.17. The number of thiazole rings is 1. The third kappa shape index (κ3) is 3.11. The molecule has 1 aromatic carbocycles. The lowest BCUT2D eigenvalue weighted by Gasteiger charge is -2.11. The molecule has 0 bridgehead atoms. The van der Waals surface area contributed by atoms with Gasteiger partial charge in [0.2, 0.25) is 5.78 Å². The van der Waals surface area contributed by atoms with E-state index < -0.39 is 12.1 Å². The molecule has 0 amide bonds. The van der Waals surface area contributed by atoms with Crippen molar-refractivity contribution in [3.05, 3.63) is 51.5 Å². The normalized spacial score (nSPS) is 11.9. The number of aromatic nitrogens is 1. The van der Waals surface area contributed by atoms with E-state index in [-0.39, 0.29) is 5.78 Å². The Kier molecular flexibility index (Phi) is 4.29. The van der Waals surface area contributed by atoms with Crippen molar-refractivity contribution in [3.8, 4) is 0 Å². The summed E-state index contributed by atoms with van der Waals surface area (Å²) >= 11 is 1.28. The van der Waals surface area contributed by atoms with Crippen molar-refractivity contribution >= 4 is 23.1 Å². The molecule has 0 saturated heterocycles. The average molecular weight is 289 g/mol. The Labute approximate surface area is 121 Å². The number of rotatable bonds is 4. The Morgan fingerprint density at radius 1 is 1.20 bits per heavy atom. The van der Waals surface area contributed by atoms with Crippen LogP contribution >= 0.6 is 11.3 Å². The van der Waals surface area contributed by atoms with Gasteiger partial charge in [-0.25, -0.2) is 9.78 Å². The molecule has 2 aromatic rings. The molecule has 0 fully saturated rings. The van der Waals surface area contributed by atoms with Gasteiger partial charge in [-0.05, 0) is 20.8 Å². The lowest BCUT2D eigenvalue weighted by atomic mass is 10.1. The Bertz CT molecular complexity index is 634. The summed E-state index contributed by atoms with van der Waals surface area (Å²) < 4.78 is 5.23. The fraction of sp³-hybridized carbons (Fsp3) is 0.267. The Morgan fingerprint density at radius 3 is 2.40 bits per heavy atom. The average Bonchev–Trinajstić information content (AvgIpc) is 2.78. The van der Waals surface area contributed by atoms with Gasteiger partial charge in [-0.2, -0.15) is 0 Å². The van der Waals surface area contributed by atoms with Crippen molar-refractivity contribution in [2.24, 2.45) is 0 Å². The van der Waals surface area contributed by atoms with Crippen molar-refractivity contribution in [2.75, 3.05) is 0 Å². The third-order valence-corrected chi connectivity index (χ3v) is 3.85. The summed E-state index contributed by atoms with van der Waals surface area (Å²) in [6, 6.07) is 8.79. The summed E-state index contributed by atoms with van der Waals surface area (Å²) in [4.78, 5) is 28.8. The summed E-state index contributed by atoms with van der Waals surface area (Å²) in [7, 11) is 0. The molecule has 0 aliphatic carbocycles. The van der Waals surface area contributed by atoms with E-state index in [9.17, 15) is 9.59 Å². The summed E-state index contributed by atoms with van der Waals surface area (Å²) in [5, 5.41) is 0.802. The van der Waals surface area contributed by atoms with Crippen molar-refractivity contribution in [2.45, 2.75) is 26.9 Å². The predicted octanol–water partition coefficient (Wildman–Crippen LogP) is 3.19. The smallest absolute Gasteiger partial charge is 0.350 e. The molecular formula is C15H15NO3S. The molecule has 0 spiro atoms. The highest BCUT2D eigenvalue weighted by Crippen LogP contribution is 2.19. The van der Waals surface area contributed by atoms with Crippen LogP contribution in [0.4, 0.5) is 0 Å². The van der Waals surface area contributed by atoms with E-state index in [1.54, 1.807) is 38.1 Å². The molecule has 4 nitrogen and oxygen atoms in total. The van der Waals surface area contributed by atoms with Gasteiger partial charge in [0.15, 0.2) is 6.10 Å². The van der Waals surface area contributed by atoms with Crippen LogP contribution in [0.3, 0.4) is 0 Å². The minimum atomic E-state index is -0.813. The number of nitrogens with zero attached hydrogens (tertiary/aromatic N) is 1. The lowest BCUT2D eigenvalue weighted by molar-refractivity contribution is 0.0322. The lowest BCUT2D eigenvalue weighted by Crippen LogP contribution is -2.24. The van der Waals surface area contributed by atoms with Crippen LogP contribution in [0.1, 0.15) is 37.7 Å². The first-order valence-corrected chi connectivity index (χ1v) is 7.05. The minimum absolute atomic E-state index is 0.210. The van der Waals surface area contributed by atoms with Crippen LogP contribution in [0.5, 0.6) is 0 Å². The molecule has 2 rings (SSSR count). The Balaban J connectivity index is 2.08. The molecule has 104 valence electrons. The Morgan fingerprint density at radius 2 is 1.85 bits per heavy atom. The van der Waals surface area contributed by atoms with E-state index in [0.717, 1.165) is 5.01 Å². The molecule has 0 aliphatic heterocycles. The van der Waals surface area contributed by atoms with E-state index in [0.29, 0.717) is 16.1 Å². The van der Waals surface area contributed by atoms with E-state index >= 15 is 0 Å². The maximum Gasteiger partial charge on any atom is 0.350 e. The monoisotopic (exact) mass is 289 g/mol. The van der Waals surface area contributed by atoms with Crippen LogP contribution in [0.25, 0.3) is 0 Å². The maximum atomic E-state index is 12.1. The fourth-order valence-electron chi connectivity index (χ4n) is 1.83. The van der Waals surface area contributed by atoms with Crippen LogP contribution in [0.15, 0.2) is 30.3 Å². The molecule has 0 N–H and O–H groups in total. The quantitative estimate of drug-likeness (QED) is 0.640. The molecule has 0 radical (unpaired) electrons. The molecule has 0 unspecified atom stereocenters. The number of esters is 1. The zero-order valence-corrected chi connectivity index (χ0v) is 12.4. The molecule has 1 aromatic heterocycles. The molecule has 1 atom stereocenters. The van der Waals surface area contributed by atoms with Crippen LogP contribution in [-0.4, -0.2) is 22.8 Å². The summed E-state index contributed by atoms with van der Waals surface area (Å²) in [6.07, 6.45) is -0.813. The van der Waals surface area contributed by atoms with Crippen LogP contribution in [0, 0.1) is 13.8 Å². The van der Waals surface area contributed by atoms with E-state index in [2.05, 4.69) is 4.98 Å². The number of carbonyl (C=O) groups is 2. The van der Waals surface area contributed by atoms with Gasteiger partial charge in [0, 0.05) is 5.56 Å². The Hall–Kier alpha value is -2.01. The van der Waals surface area contributed by atoms with Crippen molar-refractivity contribution in [1.29, 1.82) is 0 Å². The largest absolute Gasteiger partial charge is 0.450 e. The van der Waals surface area contributed by atoms with Crippen molar-refractivity contribution in [1.82, 2.24) is 4.98 Å². The molecule has 0 aliphatic rings. The van der Waals surface area contributed by atoms with Gasteiger partial charge >= 0.3 is 5.97 Å². The highest BCUT2D eigenvalue weighted by molar-refractivity contribution is 7.13. The minimum Gasteiger partial charge on any atom is -0.450 e. The van der Waals surface area contributed by atoms with Crippen LogP contribution in [-0.2, 0) is 4.74 Å². The van der Waals surface area contributed by atoms with Gasteiger partial charge in [0.05, 0.1) is 10.7 Å². The number of carbonyl (C=O) groups excluding carboxylic acids is 2. The second kappa shape index (κ2) is 5.96. The van der Waals surface area contributed by atoms with Gasteiger partial charge in [-0.15, -0.1) is 11.3 Å². The number of hydrogen-bond donors (Lipinski definition) is 0. The van der Waals surface area contributed by atoms with Crippen LogP contribution in [0.2, 0.25) is 0 Å². The molecule has 20 heavy (non-hydrogen) atoms. The second-order valence-corrected chi connectivity index (χ2v) is 5.63. The maximum absolute atomic E-state index is 12.1. The number of ketones is 1. The SMILES string of the molecule is Cc1nc(C)c(C(=O)O[C@@H](C)C(=O)c2ccccc2)s1. The van der Waals surface area contributed by atoms with Crippen molar-refractivity contribution in [3.63, 3.8) is 0 Å². The first kappa shape index (κ1) is 14.4. The zero-order chi connectivity index (χ0) is 14.7. The molecular weight excluding hydrogens is 274 g/mol. The number of aryl methyl sites for hydroxylation is 2. The predicted molar refractivity (Wildman–Crippen MR) is 77.2 cm³/mol. The highest BCUT2D eigenvalue weighted by atomic mass is 32.1. The number of benzene rings is 1. The topological polar surface area (TPSA) is 56.3 Å². The zero-order valence-electron chi connectivity index (χ0n) is 11.5. The van der Waals surface area contributed by atoms with E-state index in [1.165, 1.54) is 11.3 Å². The number of Topliss-reactive ketones (excluding diaryl/α,β-unsaturated/α-hetero) is 1. The summed E-state index contributed by atoms with van der Waals surface area (Å²) in [6.45, 7) is 5.16. The standard InChI is InChI=1S/C15H15NO3S/c1-9-14(20-11(3)16-9)15(18)19-10(2)13(17)12-7-5-4-6-8-12/h4-8,10H,1-3H3/t10-/m0/s1. The number of hydrogen-bond acceptors (Lipinski definition) is 5. The van der Waals surface area contributed by atoms with Crippen molar-refractivity contribution < 1.29 is 14.3 Å². The second-order valence-electron chi connectivity index (χ2n) is 4.43. The van der Waals surface area contributed by atoms with E-state index in [1.807, 2.05) is 13.0 Å². The molecule has 5 heteroatoms. The first-order valence-electron chi connectivity index (χ1n) is 6.23. The van der Waals surface area contributed by atoms with Gasteiger partial charge in [-0.3, -0.25) is 4.79 Å². The van der Waals surface area contributed by atoms with Gasteiger partial charge < -0.3 is 4.74 Å². The molecule has 0 saturated carbocycles. The first-order chi connectivity index (χ1) is 9.49. The number of ether oxygens (including phenoxy) is 1. The van der Waals surface area contributed by atoms with Crippen LogP contribution < -0.4 is 0 Å².